The molecule has 0 unspecified atom stereocenters. The number of benzene rings is 1. The molecule has 0 spiro atoms. The Morgan fingerprint density at radius 3 is 2.61 bits per heavy atom. The summed E-state index contributed by atoms with van der Waals surface area (Å²) in [4.78, 5) is 8.19. The van der Waals surface area contributed by atoms with Crippen LogP contribution < -0.4 is 0 Å². The maximum absolute atomic E-state index is 15.1. The van der Waals surface area contributed by atoms with Gasteiger partial charge in [-0.05, 0) is 25.1 Å². The quantitative estimate of drug-likeness (QED) is 0.522. The average Bonchev–Trinajstić information content (AvgIpc) is 2.83. The Morgan fingerprint density at radius 1 is 1.04 bits per heavy atom. The molecule has 5 heteroatoms. The van der Waals surface area contributed by atoms with E-state index >= 15 is 4.39 Å². The highest BCUT2D eigenvalue weighted by molar-refractivity contribution is 6.08. The minimum atomic E-state index is -0.600. The largest absolute Gasteiger partial charge is 0.341 e. The second kappa shape index (κ2) is 4.84. The van der Waals surface area contributed by atoms with Crippen molar-refractivity contribution in [3.63, 3.8) is 0 Å². The predicted molar refractivity (Wildman–Crippen MR) is 86.1 cm³/mol. The van der Waals surface area contributed by atoms with Crippen molar-refractivity contribution >= 4 is 21.8 Å². The molecule has 0 aliphatic carbocycles. The molecule has 4 rings (SSSR count). The average molecular weight is 309 g/mol. The highest BCUT2D eigenvalue weighted by Gasteiger charge is 2.20. The van der Waals surface area contributed by atoms with Crippen LogP contribution >= 0.6 is 0 Å². The molecule has 0 N–H and O–H groups in total. The van der Waals surface area contributed by atoms with E-state index in [9.17, 15) is 4.39 Å². The molecule has 0 bridgehead atoms. The number of aromatic nitrogens is 3. The summed E-state index contributed by atoms with van der Waals surface area (Å²) in [5.74, 6) is -1.18. The molecule has 0 saturated heterocycles. The van der Waals surface area contributed by atoms with Crippen LogP contribution in [-0.4, -0.2) is 14.5 Å². The third kappa shape index (κ3) is 1.93. The van der Waals surface area contributed by atoms with E-state index in [4.69, 9.17) is 0 Å². The molecule has 0 amide bonds. The summed E-state index contributed by atoms with van der Waals surface area (Å²) in [6.45, 7) is 1.83. The molecular formula is C18H13F2N3. The first-order valence-electron chi connectivity index (χ1n) is 7.21. The lowest BCUT2D eigenvalue weighted by Gasteiger charge is -2.08. The molecule has 3 heterocycles. The van der Waals surface area contributed by atoms with Crippen LogP contribution in [0.4, 0.5) is 8.78 Å². The minimum Gasteiger partial charge on any atom is -0.341 e. The summed E-state index contributed by atoms with van der Waals surface area (Å²) in [6.07, 6.45) is 4.76. The zero-order valence-corrected chi connectivity index (χ0v) is 12.6. The molecule has 0 aliphatic rings. The molecule has 114 valence electrons. The van der Waals surface area contributed by atoms with Gasteiger partial charge in [0, 0.05) is 47.7 Å². The highest BCUT2D eigenvalue weighted by atomic mass is 19.1. The number of hydrogen-bond donors (Lipinski definition) is 0. The third-order valence-corrected chi connectivity index (χ3v) is 4.18. The van der Waals surface area contributed by atoms with Crippen molar-refractivity contribution in [1.29, 1.82) is 0 Å². The first kappa shape index (κ1) is 13.8. The van der Waals surface area contributed by atoms with Crippen LogP contribution in [-0.2, 0) is 7.05 Å². The Hall–Kier alpha value is -2.82. The van der Waals surface area contributed by atoms with Crippen LogP contribution in [0.3, 0.4) is 0 Å². The molecule has 0 aliphatic heterocycles. The van der Waals surface area contributed by atoms with Gasteiger partial charge in [0.05, 0.1) is 16.6 Å². The number of pyridine rings is 2. The van der Waals surface area contributed by atoms with E-state index in [2.05, 4.69) is 9.97 Å². The van der Waals surface area contributed by atoms with Crippen molar-refractivity contribution in [2.24, 2.45) is 7.05 Å². The second-order valence-electron chi connectivity index (χ2n) is 5.58. The zero-order valence-electron chi connectivity index (χ0n) is 12.6. The standard InChI is InChI=1S/C18H13F2N3/c1-10-3-4-11(8-22-10)16-14(19)7-12-13-9-21-6-5-15(13)23(2)18(12)17(16)20/h3-9H,1-2H3. The van der Waals surface area contributed by atoms with Crippen LogP contribution in [0, 0.1) is 18.6 Å². The maximum atomic E-state index is 15.1. The highest BCUT2D eigenvalue weighted by Crippen LogP contribution is 2.36. The van der Waals surface area contributed by atoms with Gasteiger partial charge in [-0.25, -0.2) is 8.78 Å². The van der Waals surface area contributed by atoms with E-state index in [0.29, 0.717) is 16.5 Å². The van der Waals surface area contributed by atoms with Gasteiger partial charge < -0.3 is 4.57 Å². The molecular weight excluding hydrogens is 296 g/mol. The fourth-order valence-corrected chi connectivity index (χ4v) is 3.03. The van der Waals surface area contributed by atoms with E-state index in [-0.39, 0.29) is 5.56 Å². The molecule has 0 atom stereocenters. The van der Waals surface area contributed by atoms with Crippen molar-refractivity contribution in [2.45, 2.75) is 6.92 Å². The smallest absolute Gasteiger partial charge is 0.158 e. The lowest BCUT2D eigenvalue weighted by atomic mass is 10.0. The SMILES string of the molecule is Cc1ccc(-c2c(F)cc3c4cnccc4n(C)c3c2F)cn1. The van der Waals surface area contributed by atoms with Crippen LogP contribution in [0.15, 0.2) is 42.9 Å². The molecule has 1 aromatic carbocycles. The van der Waals surface area contributed by atoms with E-state index in [0.717, 1.165) is 16.6 Å². The summed E-state index contributed by atoms with van der Waals surface area (Å²) in [5.41, 5.74) is 2.35. The topological polar surface area (TPSA) is 30.7 Å². The maximum Gasteiger partial charge on any atom is 0.158 e. The normalized spacial score (nSPS) is 11.5. The first-order valence-corrected chi connectivity index (χ1v) is 7.21. The van der Waals surface area contributed by atoms with Crippen molar-refractivity contribution < 1.29 is 8.78 Å². The Balaban J connectivity index is 2.13. The molecule has 0 saturated carbocycles. The number of halogens is 2. The Labute approximate surface area is 131 Å². The van der Waals surface area contributed by atoms with Gasteiger partial charge >= 0.3 is 0 Å². The molecule has 3 nitrogen and oxygen atoms in total. The van der Waals surface area contributed by atoms with Gasteiger partial charge in [-0.15, -0.1) is 0 Å². The summed E-state index contributed by atoms with van der Waals surface area (Å²) in [5, 5.41) is 1.26. The van der Waals surface area contributed by atoms with Gasteiger partial charge in [0.1, 0.15) is 5.82 Å². The number of fused-ring (bicyclic) bond motifs is 3. The van der Waals surface area contributed by atoms with Crippen LogP contribution in [0.25, 0.3) is 32.9 Å². The minimum absolute atomic E-state index is 0.0520. The van der Waals surface area contributed by atoms with Crippen molar-refractivity contribution in [1.82, 2.24) is 14.5 Å². The van der Waals surface area contributed by atoms with Gasteiger partial charge in [-0.3, -0.25) is 9.97 Å². The van der Waals surface area contributed by atoms with E-state index in [1.807, 2.05) is 6.92 Å². The van der Waals surface area contributed by atoms with E-state index in [1.165, 1.54) is 12.3 Å². The number of nitrogens with zero attached hydrogens (tertiary/aromatic N) is 3. The zero-order chi connectivity index (χ0) is 16.1. The van der Waals surface area contributed by atoms with Crippen molar-refractivity contribution in [3.05, 3.63) is 60.2 Å². The number of rotatable bonds is 1. The third-order valence-electron chi connectivity index (χ3n) is 4.18. The van der Waals surface area contributed by atoms with Gasteiger partial charge in [-0.2, -0.15) is 0 Å². The number of hydrogen-bond acceptors (Lipinski definition) is 2. The Morgan fingerprint density at radius 2 is 1.87 bits per heavy atom. The molecule has 0 radical (unpaired) electrons. The summed E-state index contributed by atoms with van der Waals surface area (Å²) >= 11 is 0. The Bertz CT molecular complexity index is 1050. The summed E-state index contributed by atoms with van der Waals surface area (Å²) in [7, 11) is 1.77. The van der Waals surface area contributed by atoms with E-state index in [1.54, 1.807) is 42.2 Å². The monoisotopic (exact) mass is 309 g/mol. The predicted octanol–water partition coefficient (Wildman–Crippen LogP) is 4.38. The van der Waals surface area contributed by atoms with Gasteiger partial charge in [0.25, 0.3) is 0 Å². The van der Waals surface area contributed by atoms with Gasteiger partial charge in [0.2, 0.25) is 0 Å². The molecule has 3 aromatic heterocycles. The van der Waals surface area contributed by atoms with Crippen molar-refractivity contribution in [3.8, 4) is 11.1 Å². The van der Waals surface area contributed by atoms with Crippen molar-refractivity contribution in [2.75, 3.05) is 0 Å². The van der Waals surface area contributed by atoms with Crippen LogP contribution in [0.1, 0.15) is 5.69 Å². The first-order chi connectivity index (χ1) is 11.1. The van der Waals surface area contributed by atoms with Gasteiger partial charge in [0.15, 0.2) is 5.82 Å². The fourth-order valence-electron chi connectivity index (χ4n) is 3.03. The van der Waals surface area contributed by atoms with E-state index < -0.39 is 11.6 Å². The Kier molecular flexibility index (Phi) is 2.91. The van der Waals surface area contributed by atoms with Gasteiger partial charge in [-0.1, -0.05) is 6.07 Å². The molecule has 4 aromatic rings. The van der Waals surface area contributed by atoms with Crippen LogP contribution in [0.2, 0.25) is 0 Å². The van der Waals surface area contributed by atoms with Crippen LogP contribution in [0.5, 0.6) is 0 Å². The summed E-state index contributed by atoms with van der Waals surface area (Å²) in [6, 6.07) is 6.58. The summed E-state index contributed by atoms with van der Waals surface area (Å²) < 4.78 is 31.4. The molecule has 0 fully saturated rings. The lowest BCUT2D eigenvalue weighted by Crippen LogP contribution is -1.96. The fraction of sp³-hybridized carbons (Fsp3) is 0.111. The second-order valence-corrected chi connectivity index (χ2v) is 5.58. The number of aryl methyl sites for hydroxylation is 2. The lowest BCUT2D eigenvalue weighted by molar-refractivity contribution is 0.595. The molecule has 23 heavy (non-hydrogen) atoms.